The molecule has 1 atom stereocenters. The quantitative estimate of drug-likeness (QED) is 0.559. The first-order valence-corrected chi connectivity index (χ1v) is 9.45. The van der Waals surface area contributed by atoms with E-state index in [1.807, 2.05) is 24.3 Å². The van der Waals surface area contributed by atoms with Crippen LogP contribution >= 0.6 is 0 Å². The lowest BCUT2D eigenvalue weighted by Crippen LogP contribution is -2.37. The first kappa shape index (κ1) is 19.8. The molecule has 0 aromatic heterocycles. The smallest absolute Gasteiger partial charge is 0.269 e. The first-order valence-electron chi connectivity index (χ1n) is 9.45. The number of nitro benzene ring substituents is 1. The molecule has 148 valence electrons. The molecule has 7 nitrogen and oxygen atoms in total. The fraction of sp³-hybridized carbons (Fsp3) is 0.381. The maximum absolute atomic E-state index is 12.4. The molecule has 2 aromatic carbocycles. The van der Waals surface area contributed by atoms with Crippen molar-refractivity contribution >= 4 is 11.6 Å². The van der Waals surface area contributed by atoms with Gasteiger partial charge in [-0.2, -0.15) is 0 Å². The van der Waals surface area contributed by atoms with Crippen LogP contribution in [0, 0.1) is 10.1 Å². The van der Waals surface area contributed by atoms with Crippen LogP contribution in [0.4, 0.5) is 5.69 Å². The van der Waals surface area contributed by atoms with Gasteiger partial charge in [0.15, 0.2) is 0 Å². The Morgan fingerprint density at radius 3 is 2.36 bits per heavy atom. The zero-order chi connectivity index (χ0) is 19.9. The number of likely N-dealkylation sites (tertiary alicyclic amines) is 1. The van der Waals surface area contributed by atoms with Gasteiger partial charge in [0.25, 0.3) is 5.69 Å². The highest BCUT2D eigenvalue weighted by Gasteiger charge is 2.24. The standard InChI is InChI=1S/C21H25N3O4/c1-28-19-10-6-17(7-11-19)20(23-12-2-3-13-23)15-22-21(25)14-16-4-8-18(9-5-16)24(26)27/h4-11,20H,2-3,12-15H2,1H3,(H,22,25)/t20-/m0/s1. The normalized spacial score (nSPS) is 15.2. The second-order valence-electron chi connectivity index (χ2n) is 6.94. The van der Waals surface area contributed by atoms with Gasteiger partial charge in [0.05, 0.1) is 24.5 Å². The van der Waals surface area contributed by atoms with Crippen LogP contribution in [-0.4, -0.2) is 42.5 Å². The SMILES string of the molecule is COc1ccc([C@H](CNC(=O)Cc2ccc([N+](=O)[O-])cc2)N2CCCC2)cc1. The van der Waals surface area contributed by atoms with Crippen molar-refractivity contribution < 1.29 is 14.5 Å². The van der Waals surface area contributed by atoms with Gasteiger partial charge in [0.2, 0.25) is 5.91 Å². The number of non-ortho nitro benzene ring substituents is 1. The van der Waals surface area contributed by atoms with Crippen molar-refractivity contribution in [3.63, 3.8) is 0 Å². The number of amides is 1. The molecule has 1 amide bonds. The molecule has 7 heteroatoms. The Balaban J connectivity index is 1.62. The van der Waals surface area contributed by atoms with E-state index in [2.05, 4.69) is 10.2 Å². The highest BCUT2D eigenvalue weighted by molar-refractivity contribution is 5.78. The lowest BCUT2D eigenvalue weighted by atomic mass is 10.0. The molecule has 3 rings (SSSR count). The fourth-order valence-electron chi connectivity index (χ4n) is 3.53. The summed E-state index contributed by atoms with van der Waals surface area (Å²) in [5, 5.41) is 13.8. The number of ether oxygens (including phenoxy) is 1. The lowest BCUT2D eigenvalue weighted by Gasteiger charge is -2.28. The van der Waals surface area contributed by atoms with Crippen LogP contribution < -0.4 is 10.1 Å². The van der Waals surface area contributed by atoms with E-state index in [-0.39, 0.29) is 24.1 Å². The van der Waals surface area contributed by atoms with E-state index in [1.54, 1.807) is 19.2 Å². The molecule has 1 aliphatic heterocycles. The molecule has 0 unspecified atom stereocenters. The largest absolute Gasteiger partial charge is 0.497 e. The number of carbonyl (C=O) groups excluding carboxylic acids is 1. The van der Waals surface area contributed by atoms with Crippen molar-refractivity contribution in [1.29, 1.82) is 0 Å². The van der Waals surface area contributed by atoms with Crippen molar-refractivity contribution in [2.45, 2.75) is 25.3 Å². The van der Waals surface area contributed by atoms with Crippen LogP contribution in [-0.2, 0) is 11.2 Å². The summed E-state index contributed by atoms with van der Waals surface area (Å²) in [4.78, 5) is 25.1. The van der Waals surface area contributed by atoms with Gasteiger partial charge in [-0.1, -0.05) is 24.3 Å². The van der Waals surface area contributed by atoms with Gasteiger partial charge in [0.1, 0.15) is 5.75 Å². The Morgan fingerprint density at radius 2 is 1.79 bits per heavy atom. The third kappa shape index (κ3) is 5.07. The van der Waals surface area contributed by atoms with Crippen LogP contribution in [0.1, 0.15) is 30.0 Å². The summed E-state index contributed by atoms with van der Waals surface area (Å²) in [6.07, 6.45) is 2.54. The molecule has 0 aliphatic carbocycles. The number of rotatable bonds is 8. The van der Waals surface area contributed by atoms with Crippen LogP contribution in [0.3, 0.4) is 0 Å². The first-order chi connectivity index (χ1) is 13.6. The minimum absolute atomic E-state index is 0.0257. The third-order valence-corrected chi connectivity index (χ3v) is 5.09. The monoisotopic (exact) mass is 383 g/mol. The minimum Gasteiger partial charge on any atom is -0.497 e. The van der Waals surface area contributed by atoms with Crippen LogP contribution in [0.15, 0.2) is 48.5 Å². The van der Waals surface area contributed by atoms with Crippen LogP contribution in [0.5, 0.6) is 5.75 Å². The Labute approximate surface area is 164 Å². The number of nitrogens with one attached hydrogen (secondary N) is 1. The fourth-order valence-corrected chi connectivity index (χ4v) is 3.53. The number of benzene rings is 2. The molecule has 0 bridgehead atoms. The Morgan fingerprint density at radius 1 is 1.14 bits per heavy atom. The van der Waals surface area contributed by atoms with E-state index in [9.17, 15) is 14.9 Å². The molecule has 0 radical (unpaired) electrons. The number of methoxy groups -OCH3 is 1. The summed E-state index contributed by atoms with van der Waals surface area (Å²) in [5.74, 6) is 0.720. The average Bonchev–Trinajstić information content (AvgIpc) is 3.23. The molecule has 0 spiro atoms. The molecule has 1 fully saturated rings. The predicted octanol–water partition coefficient (Wildman–Crippen LogP) is 3.10. The van der Waals surface area contributed by atoms with Gasteiger partial charge in [-0.25, -0.2) is 0 Å². The zero-order valence-electron chi connectivity index (χ0n) is 16.0. The molecule has 0 saturated carbocycles. The number of hydrogen-bond donors (Lipinski definition) is 1. The van der Waals surface area contributed by atoms with E-state index in [0.717, 1.165) is 30.0 Å². The van der Waals surface area contributed by atoms with Gasteiger partial charge in [-0.3, -0.25) is 19.8 Å². The van der Waals surface area contributed by atoms with E-state index >= 15 is 0 Å². The summed E-state index contributed by atoms with van der Waals surface area (Å²) in [5.41, 5.74) is 1.93. The molecule has 1 aliphatic rings. The highest BCUT2D eigenvalue weighted by atomic mass is 16.6. The summed E-state index contributed by atoms with van der Waals surface area (Å²) < 4.78 is 5.24. The van der Waals surface area contributed by atoms with Gasteiger partial charge in [-0.15, -0.1) is 0 Å². The van der Waals surface area contributed by atoms with Crippen molar-refractivity contribution in [3.05, 3.63) is 69.8 Å². The molecule has 1 N–H and O–H groups in total. The molecule has 1 saturated heterocycles. The third-order valence-electron chi connectivity index (χ3n) is 5.09. The van der Waals surface area contributed by atoms with E-state index in [4.69, 9.17) is 4.74 Å². The average molecular weight is 383 g/mol. The van der Waals surface area contributed by atoms with Gasteiger partial charge < -0.3 is 10.1 Å². The summed E-state index contributed by atoms with van der Waals surface area (Å²) in [6.45, 7) is 2.57. The summed E-state index contributed by atoms with van der Waals surface area (Å²) in [6, 6.07) is 14.2. The molecule has 2 aromatic rings. The maximum Gasteiger partial charge on any atom is 0.269 e. The van der Waals surface area contributed by atoms with Crippen molar-refractivity contribution in [3.8, 4) is 5.75 Å². The number of hydrogen-bond acceptors (Lipinski definition) is 5. The number of nitro groups is 1. The number of nitrogens with zero attached hydrogens (tertiary/aromatic N) is 2. The van der Waals surface area contributed by atoms with Gasteiger partial charge in [0, 0.05) is 18.7 Å². The molecular weight excluding hydrogens is 358 g/mol. The van der Waals surface area contributed by atoms with Crippen LogP contribution in [0.25, 0.3) is 0 Å². The van der Waals surface area contributed by atoms with Crippen molar-refractivity contribution in [1.82, 2.24) is 10.2 Å². The maximum atomic E-state index is 12.4. The van der Waals surface area contributed by atoms with E-state index in [0.29, 0.717) is 6.54 Å². The summed E-state index contributed by atoms with van der Waals surface area (Å²) >= 11 is 0. The Bertz CT molecular complexity index is 799. The topological polar surface area (TPSA) is 84.7 Å². The van der Waals surface area contributed by atoms with Crippen molar-refractivity contribution in [2.24, 2.45) is 0 Å². The van der Waals surface area contributed by atoms with E-state index in [1.165, 1.54) is 25.0 Å². The second-order valence-corrected chi connectivity index (χ2v) is 6.94. The number of carbonyl (C=O) groups is 1. The predicted molar refractivity (Wildman–Crippen MR) is 106 cm³/mol. The highest BCUT2D eigenvalue weighted by Crippen LogP contribution is 2.26. The zero-order valence-corrected chi connectivity index (χ0v) is 16.0. The minimum atomic E-state index is -0.445. The van der Waals surface area contributed by atoms with Crippen molar-refractivity contribution in [2.75, 3.05) is 26.7 Å². The van der Waals surface area contributed by atoms with E-state index < -0.39 is 4.92 Å². The molecular formula is C21H25N3O4. The second kappa shape index (κ2) is 9.32. The van der Waals surface area contributed by atoms with Gasteiger partial charge >= 0.3 is 0 Å². The van der Waals surface area contributed by atoms with Crippen LogP contribution in [0.2, 0.25) is 0 Å². The molecule has 28 heavy (non-hydrogen) atoms. The lowest BCUT2D eigenvalue weighted by molar-refractivity contribution is -0.384. The molecule has 1 heterocycles. The summed E-state index contributed by atoms with van der Waals surface area (Å²) in [7, 11) is 1.64. The van der Waals surface area contributed by atoms with Gasteiger partial charge in [-0.05, 0) is 49.2 Å². The Hall–Kier alpha value is -2.93. The Kier molecular flexibility index (Phi) is 6.60.